The van der Waals surface area contributed by atoms with E-state index in [4.69, 9.17) is 11.6 Å². The SMILES string of the molecule is Cc1nn(C)c(Cl)c1CC(=O)c1cnc2ccccc2n1. The second kappa shape index (κ2) is 5.26. The van der Waals surface area contributed by atoms with Crippen LogP contribution in [0.4, 0.5) is 0 Å². The highest BCUT2D eigenvalue weighted by molar-refractivity contribution is 6.30. The number of Topliss-reactive ketones (excluding diaryl/α,β-unsaturated/α-hetero) is 1. The Labute approximate surface area is 126 Å². The molecule has 0 aliphatic rings. The summed E-state index contributed by atoms with van der Waals surface area (Å²) < 4.78 is 1.56. The van der Waals surface area contributed by atoms with Crippen molar-refractivity contribution in [3.8, 4) is 0 Å². The van der Waals surface area contributed by atoms with E-state index in [1.54, 1.807) is 11.7 Å². The molecule has 106 valence electrons. The monoisotopic (exact) mass is 300 g/mol. The fourth-order valence-electron chi connectivity index (χ4n) is 2.22. The third kappa shape index (κ3) is 2.52. The van der Waals surface area contributed by atoms with Gasteiger partial charge >= 0.3 is 0 Å². The number of para-hydroxylation sites is 2. The number of nitrogens with zero attached hydrogens (tertiary/aromatic N) is 4. The summed E-state index contributed by atoms with van der Waals surface area (Å²) >= 11 is 6.15. The molecule has 0 N–H and O–H groups in total. The Morgan fingerprint density at radius 1 is 1.29 bits per heavy atom. The van der Waals surface area contributed by atoms with Crippen molar-refractivity contribution in [1.29, 1.82) is 0 Å². The number of aryl methyl sites for hydroxylation is 2. The van der Waals surface area contributed by atoms with Crippen LogP contribution in [0.2, 0.25) is 5.15 Å². The summed E-state index contributed by atoms with van der Waals surface area (Å²) in [7, 11) is 1.75. The van der Waals surface area contributed by atoms with Gasteiger partial charge in [-0.15, -0.1) is 0 Å². The Bertz CT molecular complexity index is 841. The summed E-state index contributed by atoms with van der Waals surface area (Å²) in [6.07, 6.45) is 1.68. The van der Waals surface area contributed by atoms with E-state index in [1.807, 2.05) is 31.2 Å². The molecule has 0 aliphatic heterocycles. The summed E-state index contributed by atoms with van der Waals surface area (Å²) in [5.74, 6) is -0.119. The number of rotatable bonds is 3. The quantitative estimate of drug-likeness (QED) is 0.698. The van der Waals surface area contributed by atoms with Crippen molar-refractivity contribution in [3.05, 3.63) is 52.6 Å². The molecule has 0 atom stereocenters. The highest BCUT2D eigenvalue weighted by atomic mass is 35.5. The van der Waals surface area contributed by atoms with Crippen LogP contribution >= 0.6 is 11.6 Å². The van der Waals surface area contributed by atoms with Gasteiger partial charge < -0.3 is 0 Å². The first kappa shape index (κ1) is 13.7. The average Bonchev–Trinajstić information content (AvgIpc) is 2.73. The van der Waals surface area contributed by atoms with Gasteiger partial charge in [-0.3, -0.25) is 14.5 Å². The van der Waals surface area contributed by atoms with Gasteiger partial charge in [-0.25, -0.2) is 4.98 Å². The molecule has 0 unspecified atom stereocenters. The van der Waals surface area contributed by atoms with E-state index < -0.39 is 0 Å². The predicted molar refractivity (Wildman–Crippen MR) is 80.5 cm³/mol. The summed E-state index contributed by atoms with van der Waals surface area (Å²) in [4.78, 5) is 21.0. The first-order valence-corrected chi connectivity index (χ1v) is 6.87. The average molecular weight is 301 g/mol. The maximum atomic E-state index is 12.4. The second-order valence-corrected chi connectivity index (χ2v) is 5.18. The van der Waals surface area contributed by atoms with Crippen molar-refractivity contribution in [2.24, 2.45) is 7.05 Å². The van der Waals surface area contributed by atoms with Gasteiger partial charge in [0.2, 0.25) is 0 Å². The molecule has 3 rings (SSSR count). The molecule has 0 spiro atoms. The smallest absolute Gasteiger partial charge is 0.187 e. The van der Waals surface area contributed by atoms with Gasteiger partial charge in [0.25, 0.3) is 0 Å². The van der Waals surface area contributed by atoms with Gasteiger partial charge in [-0.05, 0) is 19.1 Å². The molecule has 0 radical (unpaired) electrons. The lowest BCUT2D eigenvalue weighted by Crippen LogP contribution is -2.07. The molecular formula is C15H13ClN4O. The van der Waals surface area contributed by atoms with Gasteiger partial charge in [-0.2, -0.15) is 5.10 Å². The topological polar surface area (TPSA) is 60.7 Å². The van der Waals surface area contributed by atoms with E-state index in [0.717, 1.165) is 16.8 Å². The molecule has 6 heteroatoms. The molecule has 21 heavy (non-hydrogen) atoms. The van der Waals surface area contributed by atoms with Crippen molar-refractivity contribution in [2.45, 2.75) is 13.3 Å². The molecule has 5 nitrogen and oxygen atoms in total. The molecule has 0 bridgehead atoms. The zero-order valence-corrected chi connectivity index (χ0v) is 12.4. The number of halogens is 1. The largest absolute Gasteiger partial charge is 0.292 e. The summed E-state index contributed by atoms with van der Waals surface area (Å²) in [5.41, 5.74) is 3.30. The van der Waals surface area contributed by atoms with E-state index in [0.29, 0.717) is 16.4 Å². The van der Waals surface area contributed by atoms with Crippen LogP contribution in [0, 0.1) is 6.92 Å². The van der Waals surface area contributed by atoms with Crippen LogP contribution in [0.1, 0.15) is 21.7 Å². The normalized spacial score (nSPS) is 11.0. The second-order valence-electron chi connectivity index (χ2n) is 4.82. The van der Waals surface area contributed by atoms with Gasteiger partial charge in [0.15, 0.2) is 5.78 Å². The number of carbonyl (C=O) groups is 1. The van der Waals surface area contributed by atoms with Gasteiger partial charge in [-0.1, -0.05) is 23.7 Å². The molecule has 0 amide bonds. The van der Waals surface area contributed by atoms with Crippen LogP contribution < -0.4 is 0 Å². The molecular weight excluding hydrogens is 288 g/mol. The van der Waals surface area contributed by atoms with Crippen molar-refractivity contribution in [1.82, 2.24) is 19.7 Å². The fourth-order valence-corrected chi connectivity index (χ4v) is 2.46. The van der Waals surface area contributed by atoms with Crippen LogP contribution in [0.25, 0.3) is 11.0 Å². The Hall–Kier alpha value is -2.27. The van der Waals surface area contributed by atoms with Crippen molar-refractivity contribution >= 4 is 28.4 Å². The Balaban J connectivity index is 1.93. The molecule has 0 saturated carbocycles. The van der Waals surface area contributed by atoms with Crippen molar-refractivity contribution in [3.63, 3.8) is 0 Å². The molecule has 0 aliphatic carbocycles. The first-order valence-electron chi connectivity index (χ1n) is 6.49. The van der Waals surface area contributed by atoms with Crippen LogP contribution in [0.5, 0.6) is 0 Å². The van der Waals surface area contributed by atoms with E-state index >= 15 is 0 Å². The fraction of sp³-hybridized carbons (Fsp3) is 0.200. The summed E-state index contributed by atoms with van der Waals surface area (Å²) in [5, 5.41) is 4.68. The Morgan fingerprint density at radius 3 is 2.67 bits per heavy atom. The lowest BCUT2D eigenvalue weighted by atomic mass is 10.1. The maximum absolute atomic E-state index is 12.4. The Kier molecular flexibility index (Phi) is 3.43. The number of carbonyl (C=O) groups excluding carboxylic acids is 1. The van der Waals surface area contributed by atoms with Crippen LogP contribution in [-0.2, 0) is 13.5 Å². The molecule has 1 aromatic carbocycles. The van der Waals surface area contributed by atoms with Crippen molar-refractivity contribution in [2.75, 3.05) is 0 Å². The van der Waals surface area contributed by atoms with E-state index in [9.17, 15) is 4.79 Å². The maximum Gasteiger partial charge on any atom is 0.187 e. The third-order valence-corrected chi connectivity index (χ3v) is 3.81. The highest BCUT2D eigenvalue weighted by Crippen LogP contribution is 2.20. The van der Waals surface area contributed by atoms with Gasteiger partial charge in [0.05, 0.1) is 22.9 Å². The number of aromatic nitrogens is 4. The minimum Gasteiger partial charge on any atom is -0.292 e. The number of hydrogen-bond donors (Lipinski definition) is 0. The zero-order chi connectivity index (χ0) is 15.0. The lowest BCUT2D eigenvalue weighted by Gasteiger charge is -2.02. The van der Waals surface area contributed by atoms with E-state index in [1.165, 1.54) is 6.20 Å². The van der Waals surface area contributed by atoms with Crippen LogP contribution in [0.3, 0.4) is 0 Å². The number of fused-ring (bicyclic) bond motifs is 1. The van der Waals surface area contributed by atoms with E-state index in [2.05, 4.69) is 15.1 Å². The zero-order valence-electron chi connectivity index (χ0n) is 11.7. The van der Waals surface area contributed by atoms with Gasteiger partial charge in [0.1, 0.15) is 10.8 Å². The Morgan fingerprint density at radius 2 is 2.00 bits per heavy atom. The molecule has 2 heterocycles. The van der Waals surface area contributed by atoms with Crippen LogP contribution in [-0.4, -0.2) is 25.5 Å². The predicted octanol–water partition coefficient (Wildman–Crippen LogP) is 2.75. The number of hydrogen-bond acceptors (Lipinski definition) is 4. The highest BCUT2D eigenvalue weighted by Gasteiger charge is 2.17. The standard InChI is InChI=1S/C15H13ClN4O/c1-9-10(15(16)20(2)19-9)7-14(21)13-8-17-11-5-3-4-6-12(11)18-13/h3-6,8H,7H2,1-2H3. The van der Waals surface area contributed by atoms with Crippen molar-refractivity contribution < 1.29 is 4.79 Å². The number of ketones is 1. The number of benzene rings is 1. The molecule has 0 fully saturated rings. The molecule has 3 aromatic rings. The minimum absolute atomic E-state index is 0.119. The summed E-state index contributed by atoms with van der Waals surface area (Å²) in [6, 6.07) is 7.45. The summed E-state index contributed by atoms with van der Waals surface area (Å²) in [6.45, 7) is 1.83. The van der Waals surface area contributed by atoms with Crippen LogP contribution in [0.15, 0.2) is 30.5 Å². The molecule has 2 aromatic heterocycles. The van der Waals surface area contributed by atoms with E-state index in [-0.39, 0.29) is 12.2 Å². The molecule has 0 saturated heterocycles. The minimum atomic E-state index is -0.119. The van der Waals surface area contributed by atoms with Gasteiger partial charge in [0, 0.05) is 19.0 Å². The third-order valence-electron chi connectivity index (χ3n) is 3.34. The lowest BCUT2D eigenvalue weighted by molar-refractivity contribution is 0.0988. The first-order chi connectivity index (χ1) is 10.1.